The Morgan fingerprint density at radius 1 is 1.19 bits per heavy atom. The van der Waals surface area contributed by atoms with Gasteiger partial charge in [0, 0.05) is 12.0 Å². The number of carbonyl (C=O) groups is 1. The van der Waals surface area contributed by atoms with Crippen molar-refractivity contribution in [2.75, 3.05) is 0 Å². The maximum absolute atomic E-state index is 13.2. The molecule has 0 aliphatic rings. The molecule has 1 unspecified atom stereocenters. The summed E-state index contributed by atoms with van der Waals surface area (Å²) in [6.45, 7) is 7.99. The van der Waals surface area contributed by atoms with E-state index in [4.69, 9.17) is 0 Å². The lowest BCUT2D eigenvalue weighted by Gasteiger charge is -2.22. The van der Waals surface area contributed by atoms with Gasteiger partial charge < -0.3 is 0 Å². The molecule has 0 aliphatic heterocycles. The fourth-order valence-electron chi connectivity index (χ4n) is 2.47. The molecule has 1 nitrogen and oxygen atoms in total. The van der Waals surface area contributed by atoms with Crippen molar-refractivity contribution in [3.63, 3.8) is 0 Å². The molecule has 0 bridgehead atoms. The van der Waals surface area contributed by atoms with Crippen LogP contribution in [0.5, 0.6) is 0 Å². The number of halogens is 4. The maximum Gasteiger partial charge on any atom is 0.419 e. The van der Waals surface area contributed by atoms with Gasteiger partial charge in [-0.15, -0.1) is 0 Å². The van der Waals surface area contributed by atoms with E-state index in [1.807, 2.05) is 27.7 Å². The van der Waals surface area contributed by atoms with Gasteiger partial charge in [0.15, 0.2) is 5.78 Å². The quantitative estimate of drug-likeness (QED) is 0.531. The maximum atomic E-state index is 13.2. The average Bonchev–Trinajstić information content (AvgIpc) is 2.24. The summed E-state index contributed by atoms with van der Waals surface area (Å²) in [5.74, 6) is -1.70. The van der Waals surface area contributed by atoms with Crippen LogP contribution in [0.1, 0.15) is 56.5 Å². The Labute approximate surface area is 122 Å². The molecule has 21 heavy (non-hydrogen) atoms. The third kappa shape index (κ3) is 5.48. The van der Waals surface area contributed by atoms with Gasteiger partial charge in [0.2, 0.25) is 0 Å². The SMILES string of the molecule is CC(CC(=O)c1ccc(F)c(C(F)(F)F)c1)CC(C)(C)C. The lowest BCUT2D eigenvalue weighted by Crippen LogP contribution is -2.15. The predicted octanol–water partition coefficient (Wildman–Crippen LogP) is 5.49. The molecule has 1 aromatic rings. The van der Waals surface area contributed by atoms with Gasteiger partial charge >= 0.3 is 6.18 Å². The molecule has 0 radical (unpaired) electrons. The van der Waals surface area contributed by atoms with E-state index < -0.39 is 23.3 Å². The molecule has 0 aliphatic carbocycles. The fourth-order valence-corrected chi connectivity index (χ4v) is 2.47. The summed E-state index contributed by atoms with van der Waals surface area (Å²) < 4.78 is 51.1. The van der Waals surface area contributed by atoms with Gasteiger partial charge in [-0.3, -0.25) is 4.79 Å². The first-order valence-electron chi connectivity index (χ1n) is 6.80. The smallest absolute Gasteiger partial charge is 0.294 e. The van der Waals surface area contributed by atoms with Gasteiger partial charge in [-0.1, -0.05) is 27.7 Å². The van der Waals surface area contributed by atoms with Gasteiger partial charge in [0.1, 0.15) is 5.82 Å². The summed E-state index contributed by atoms with van der Waals surface area (Å²) in [5, 5.41) is 0. The highest BCUT2D eigenvalue weighted by Crippen LogP contribution is 2.33. The summed E-state index contributed by atoms with van der Waals surface area (Å²) in [6.07, 6.45) is -3.86. The Bertz CT molecular complexity index is 512. The molecular weight excluding hydrogens is 284 g/mol. The van der Waals surface area contributed by atoms with E-state index in [0.29, 0.717) is 12.1 Å². The fraction of sp³-hybridized carbons (Fsp3) is 0.562. The molecule has 1 atom stereocenters. The van der Waals surface area contributed by atoms with E-state index in [9.17, 15) is 22.4 Å². The molecule has 118 valence electrons. The summed E-state index contributed by atoms with van der Waals surface area (Å²) in [5.41, 5.74) is -1.44. The van der Waals surface area contributed by atoms with Gasteiger partial charge in [-0.05, 0) is 36.0 Å². The highest BCUT2D eigenvalue weighted by molar-refractivity contribution is 5.96. The van der Waals surface area contributed by atoms with Crippen molar-refractivity contribution >= 4 is 5.78 Å². The Kier molecular flexibility index (Phi) is 5.18. The zero-order chi connectivity index (χ0) is 16.4. The predicted molar refractivity (Wildman–Crippen MR) is 73.6 cm³/mol. The lowest BCUT2D eigenvalue weighted by molar-refractivity contribution is -0.140. The first kappa shape index (κ1) is 17.7. The Morgan fingerprint density at radius 2 is 1.76 bits per heavy atom. The molecule has 0 saturated heterocycles. The highest BCUT2D eigenvalue weighted by atomic mass is 19.4. The molecule has 0 aromatic heterocycles. The molecule has 0 amide bonds. The molecule has 1 rings (SSSR count). The van der Waals surface area contributed by atoms with Crippen LogP contribution in [0, 0.1) is 17.2 Å². The largest absolute Gasteiger partial charge is 0.419 e. The first-order chi connectivity index (χ1) is 9.40. The average molecular weight is 304 g/mol. The number of ketones is 1. The van der Waals surface area contributed by atoms with Gasteiger partial charge in [0.25, 0.3) is 0 Å². The van der Waals surface area contributed by atoms with E-state index in [-0.39, 0.29) is 23.3 Å². The number of alkyl halides is 3. The minimum Gasteiger partial charge on any atom is -0.294 e. The van der Waals surface area contributed by atoms with Crippen molar-refractivity contribution < 1.29 is 22.4 Å². The third-order valence-corrected chi connectivity index (χ3v) is 3.09. The van der Waals surface area contributed by atoms with Crippen LogP contribution in [0.3, 0.4) is 0 Å². The Morgan fingerprint density at radius 3 is 2.24 bits per heavy atom. The molecule has 0 fully saturated rings. The minimum atomic E-state index is -4.79. The normalized spacial score (nSPS) is 14.1. The van der Waals surface area contributed by atoms with Crippen molar-refractivity contribution in [3.8, 4) is 0 Å². The van der Waals surface area contributed by atoms with E-state index >= 15 is 0 Å². The van der Waals surface area contributed by atoms with Crippen molar-refractivity contribution in [3.05, 3.63) is 35.1 Å². The molecule has 5 heteroatoms. The van der Waals surface area contributed by atoms with Gasteiger partial charge in [-0.2, -0.15) is 13.2 Å². The monoisotopic (exact) mass is 304 g/mol. The van der Waals surface area contributed by atoms with Crippen LogP contribution in [0.4, 0.5) is 17.6 Å². The van der Waals surface area contributed by atoms with Crippen molar-refractivity contribution in [2.24, 2.45) is 11.3 Å². The number of hydrogen-bond donors (Lipinski definition) is 0. The van der Waals surface area contributed by atoms with Crippen LogP contribution in [0.2, 0.25) is 0 Å². The standard InChI is InChI=1S/C16H20F4O/c1-10(9-15(2,3)4)7-14(21)11-5-6-13(17)12(8-11)16(18,19)20/h5-6,8,10H,7,9H2,1-4H3. The second kappa shape index (κ2) is 6.16. The lowest BCUT2D eigenvalue weighted by atomic mass is 9.83. The van der Waals surface area contributed by atoms with Crippen molar-refractivity contribution in [1.29, 1.82) is 0 Å². The van der Waals surface area contributed by atoms with E-state index in [1.165, 1.54) is 0 Å². The molecule has 0 N–H and O–H groups in total. The van der Waals surface area contributed by atoms with Crippen LogP contribution in [-0.2, 0) is 6.18 Å². The molecular formula is C16H20F4O. The summed E-state index contributed by atoms with van der Waals surface area (Å²) in [6, 6.07) is 2.41. The summed E-state index contributed by atoms with van der Waals surface area (Å²) in [7, 11) is 0. The van der Waals surface area contributed by atoms with Crippen LogP contribution < -0.4 is 0 Å². The Balaban J connectivity index is 2.89. The summed E-state index contributed by atoms with van der Waals surface area (Å²) >= 11 is 0. The molecule has 1 aromatic carbocycles. The number of Topliss-reactive ketones (excluding diaryl/α,β-unsaturated/α-hetero) is 1. The van der Waals surface area contributed by atoms with Crippen LogP contribution in [0.15, 0.2) is 18.2 Å². The number of benzene rings is 1. The molecule has 0 saturated carbocycles. The van der Waals surface area contributed by atoms with Crippen molar-refractivity contribution in [1.82, 2.24) is 0 Å². The van der Waals surface area contributed by atoms with Gasteiger partial charge in [-0.25, -0.2) is 4.39 Å². The van der Waals surface area contributed by atoms with Gasteiger partial charge in [0.05, 0.1) is 5.56 Å². The first-order valence-corrected chi connectivity index (χ1v) is 6.80. The Hall–Kier alpha value is -1.39. The molecule has 0 heterocycles. The number of rotatable bonds is 4. The van der Waals surface area contributed by atoms with E-state index in [0.717, 1.165) is 12.5 Å². The highest BCUT2D eigenvalue weighted by Gasteiger charge is 2.34. The third-order valence-electron chi connectivity index (χ3n) is 3.09. The second-order valence-corrected chi connectivity index (χ2v) is 6.69. The zero-order valence-electron chi connectivity index (χ0n) is 12.6. The number of carbonyl (C=O) groups excluding carboxylic acids is 1. The van der Waals surface area contributed by atoms with E-state index in [1.54, 1.807) is 0 Å². The minimum absolute atomic E-state index is 0.0413. The van der Waals surface area contributed by atoms with Crippen LogP contribution in [-0.4, -0.2) is 5.78 Å². The van der Waals surface area contributed by atoms with Crippen LogP contribution in [0.25, 0.3) is 0 Å². The second-order valence-electron chi connectivity index (χ2n) is 6.69. The van der Waals surface area contributed by atoms with Crippen molar-refractivity contribution in [2.45, 2.75) is 46.7 Å². The number of hydrogen-bond acceptors (Lipinski definition) is 1. The molecule has 0 spiro atoms. The summed E-state index contributed by atoms with van der Waals surface area (Å²) in [4.78, 5) is 12.0. The topological polar surface area (TPSA) is 17.1 Å². The zero-order valence-corrected chi connectivity index (χ0v) is 12.6. The van der Waals surface area contributed by atoms with Crippen LogP contribution >= 0.6 is 0 Å². The van der Waals surface area contributed by atoms with E-state index in [2.05, 4.69) is 0 Å².